The number of rotatable bonds is 3. The number of nitro groups is 1. The van der Waals surface area contributed by atoms with Crippen LogP contribution in [0.2, 0.25) is 5.02 Å². The second-order valence-electron chi connectivity index (χ2n) is 7.17. The summed E-state index contributed by atoms with van der Waals surface area (Å²) in [4.78, 5) is 37.3. The Morgan fingerprint density at radius 2 is 1.97 bits per heavy atom. The van der Waals surface area contributed by atoms with Gasteiger partial charge in [0.15, 0.2) is 6.10 Å². The predicted molar refractivity (Wildman–Crippen MR) is 101 cm³/mol. The van der Waals surface area contributed by atoms with Crippen LogP contribution in [0.4, 0.5) is 29.3 Å². The molecule has 14 heteroatoms. The summed E-state index contributed by atoms with van der Waals surface area (Å²) in [5, 5.41) is 19.7. The minimum absolute atomic E-state index is 0.0189. The first kappa shape index (κ1) is 22.9. The number of hydrogen-bond acceptors (Lipinski definition) is 6. The van der Waals surface area contributed by atoms with Crippen molar-refractivity contribution in [2.45, 2.75) is 31.5 Å². The summed E-state index contributed by atoms with van der Waals surface area (Å²) < 4.78 is 45.8. The molecule has 0 bridgehead atoms. The van der Waals surface area contributed by atoms with Crippen LogP contribution in [0.5, 0.6) is 0 Å². The van der Waals surface area contributed by atoms with E-state index in [9.17, 15) is 32.9 Å². The van der Waals surface area contributed by atoms with Crippen molar-refractivity contribution in [2.24, 2.45) is 0 Å². The van der Waals surface area contributed by atoms with E-state index >= 15 is 0 Å². The molecule has 1 N–H and O–H groups in total. The van der Waals surface area contributed by atoms with E-state index in [4.69, 9.17) is 21.4 Å². The van der Waals surface area contributed by atoms with Gasteiger partial charge in [0.1, 0.15) is 5.02 Å². The van der Waals surface area contributed by atoms with Gasteiger partial charge in [-0.15, -0.1) is 0 Å². The van der Waals surface area contributed by atoms with Crippen molar-refractivity contribution in [1.82, 2.24) is 9.80 Å². The van der Waals surface area contributed by atoms with Crippen molar-refractivity contribution in [2.75, 3.05) is 31.1 Å². The number of piperazine rings is 1. The number of amides is 2. The fourth-order valence-corrected chi connectivity index (χ4v) is 3.89. The average Bonchev–Trinajstić information content (AvgIpc) is 3.12. The van der Waals surface area contributed by atoms with Crippen LogP contribution in [0.1, 0.15) is 6.92 Å². The van der Waals surface area contributed by atoms with E-state index in [1.54, 1.807) is 6.92 Å². The smallest absolute Gasteiger partial charge is 0.433 e. The highest BCUT2D eigenvalue weighted by atomic mass is 35.5. The second kappa shape index (κ2) is 8.38. The zero-order chi connectivity index (χ0) is 23.1. The maximum absolute atomic E-state index is 13.6. The zero-order valence-electron chi connectivity index (χ0n) is 16.1. The molecule has 1 aromatic carbocycles. The lowest BCUT2D eigenvalue weighted by atomic mass is 10.1. The molecule has 0 aliphatic carbocycles. The van der Waals surface area contributed by atoms with Gasteiger partial charge in [0.2, 0.25) is 6.23 Å². The van der Waals surface area contributed by atoms with Gasteiger partial charge in [-0.2, -0.15) is 13.2 Å². The molecule has 0 aromatic heterocycles. The number of ether oxygens (including phenoxy) is 1. The molecule has 2 amide bonds. The number of nitrogens with zero attached hydrogens (tertiary/aromatic N) is 4. The van der Waals surface area contributed by atoms with Crippen molar-refractivity contribution in [3.63, 3.8) is 0 Å². The third-order valence-corrected chi connectivity index (χ3v) is 5.44. The molecule has 1 unspecified atom stereocenters. The number of carbonyl (C=O) groups is 2. The van der Waals surface area contributed by atoms with Crippen LogP contribution in [-0.4, -0.2) is 82.6 Å². The Kier molecular flexibility index (Phi) is 6.18. The minimum atomic E-state index is -4.85. The van der Waals surface area contributed by atoms with Gasteiger partial charge >= 0.3 is 12.3 Å². The highest BCUT2D eigenvalue weighted by Crippen LogP contribution is 2.38. The van der Waals surface area contributed by atoms with Gasteiger partial charge in [-0.3, -0.25) is 14.9 Å². The largest absolute Gasteiger partial charge is 0.465 e. The number of carboxylic acid groups (broad SMARTS) is 1. The maximum Gasteiger partial charge on any atom is 0.433 e. The van der Waals surface area contributed by atoms with Crippen LogP contribution >= 0.6 is 11.6 Å². The summed E-state index contributed by atoms with van der Waals surface area (Å²) in [6, 6.07) is 2.57. The molecule has 2 saturated heterocycles. The molecular formula is C17H18ClF3N4O6. The number of hydrogen-bond donors (Lipinski definition) is 1. The molecule has 2 aliphatic heterocycles. The lowest BCUT2D eigenvalue weighted by molar-refractivity contribution is -0.384. The molecule has 170 valence electrons. The fourth-order valence-electron chi connectivity index (χ4n) is 3.65. The highest BCUT2D eigenvalue weighted by Gasteiger charge is 2.53. The van der Waals surface area contributed by atoms with Crippen molar-refractivity contribution >= 4 is 35.0 Å². The molecule has 2 fully saturated rings. The van der Waals surface area contributed by atoms with Crippen LogP contribution < -0.4 is 4.90 Å². The van der Waals surface area contributed by atoms with E-state index in [1.165, 1.54) is 4.90 Å². The van der Waals surface area contributed by atoms with Gasteiger partial charge in [0, 0.05) is 37.4 Å². The quantitative estimate of drug-likeness (QED) is 0.537. The van der Waals surface area contributed by atoms with Crippen molar-refractivity contribution in [1.29, 1.82) is 0 Å². The number of anilines is 1. The number of alkyl halides is 3. The fraction of sp³-hybridized carbons (Fsp3) is 0.529. The first-order valence-electron chi connectivity index (χ1n) is 9.11. The van der Waals surface area contributed by atoms with E-state index in [0.29, 0.717) is 0 Å². The molecule has 0 spiro atoms. The minimum Gasteiger partial charge on any atom is -0.465 e. The van der Waals surface area contributed by atoms with E-state index in [1.807, 2.05) is 0 Å². The van der Waals surface area contributed by atoms with Crippen LogP contribution in [0.3, 0.4) is 0 Å². The Morgan fingerprint density at radius 3 is 2.48 bits per heavy atom. The summed E-state index contributed by atoms with van der Waals surface area (Å²) in [5.41, 5.74) is -0.552. The van der Waals surface area contributed by atoms with E-state index in [-0.39, 0.29) is 30.3 Å². The normalized spacial score (nSPS) is 24.4. The maximum atomic E-state index is 13.6. The Morgan fingerprint density at radius 1 is 1.29 bits per heavy atom. The third kappa shape index (κ3) is 4.61. The number of nitro benzene ring substituents is 1. The summed E-state index contributed by atoms with van der Waals surface area (Å²) in [6.07, 6.45) is -9.89. The molecule has 2 heterocycles. The van der Waals surface area contributed by atoms with Crippen molar-refractivity contribution in [3.05, 3.63) is 33.3 Å². The predicted octanol–water partition coefficient (Wildman–Crippen LogP) is 2.55. The lowest BCUT2D eigenvalue weighted by Crippen LogP contribution is -2.57. The van der Waals surface area contributed by atoms with Crippen LogP contribution in [0, 0.1) is 10.1 Å². The molecule has 31 heavy (non-hydrogen) atoms. The number of halogens is 4. The molecule has 1 aromatic rings. The molecule has 0 radical (unpaired) electrons. The molecule has 10 nitrogen and oxygen atoms in total. The van der Waals surface area contributed by atoms with Crippen molar-refractivity contribution in [3.8, 4) is 0 Å². The van der Waals surface area contributed by atoms with Gasteiger partial charge in [0.05, 0.1) is 11.5 Å². The Balaban J connectivity index is 1.80. The molecule has 3 atom stereocenters. The van der Waals surface area contributed by atoms with E-state index in [2.05, 4.69) is 0 Å². The topological polar surface area (TPSA) is 116 Å². The van der Waals surface area contributed by atoms with Gasteiger partial charge in [0.25, 0.3) is 11.6 Å². The molecule has 0 saturated carbocycles. The molecule has 2 aliphatic rings. The third-order valence-electron chi connectivity index (χ3n) is 5.14. The van der Waals surface area contributed by atoms with E-state index < -0.39 is 53.7 Å². The van der Waals surface area contributed by atoms with Crippen molar-refractivity contribution < 1.29 is 37.5 Å². The van der Waals surface area contributed by atoms with Gasteiger partial charge in [-0.1, -0.05) is 11.6 Å². The first-order valence-corrected chi connectivity index (χ1v) is 9.49. The number of carbonyl (C=O) groups excluding carboxylic acids is 1. The van der Waals surface area contributed by atoms with E-state index in [0.717, 1.165) is 28.0 Å². The number of benzene rings is 1. The van der Waals surface area contributed by atoms with Crippen LogP contribution in [-0.2, 0) is 9.53 Å². The Bertz CT molecular complexity index is 901. The SMILES string of the molecule is CC1CN(C(=O)[C@@H]2CN(c3ccc([N+](=O)[O-])c(Cl)c3)[C@@H](C(F)(F)F)O2)CCN1C(=O)O. The summed E-state index contributed by atoms with van der Waals surface area (Å²) in [6.45, 7) is 1.21. The Labute approximate surface area is 178 Å². The highest BCUT2D eigenvalue weighted by molar-refractivity contribution is 6.32. The summed E-state index contributed by atoms with van der Waals surface area (Å²) >= 11 is 5.82. The van der Waals surface area contributed by atoms with Gasteiger partial charge in [-0.25, -0.2) is 4.79 Å². The van der Waals surface area contributed by atoms with Crippen LogP contribution in [0.15, 0.2) is 18.2 Å². The lowest BCUT2D eigenvalue weighted by Gasteiger charge is -2.38. The monoisotopic (exact) mass is 466 g/mol. The van der Waals surface area contributed by atoms with Gasteiger partial charge in [-0.05, 0) is 19.1 Å². The summed E-state index contributed by atoms with van der Waals surface area (Å²) in [7, 11) is 0. The second-order valence-corrected chi connectivity index (χ2v) is 7.58. The first-order chi connectivity index (χ1) is 14.4. The van der Waals surface area contributed by atoms with Crippen LogP contribution in [0.25, 0.3) is 0 Å². The average molecular weight is 467 g/mol. The Hall–Kier alpha value is -2.80. The molecule has 3 rings (SSSR count). The standard InChI is InChI=1S/C17H18ClF3N4O6/c1-9-7-22(4-5-23(9)16(27)28)14(26)13-8-24(15(31-13)17(19,20)21)10-2-3-12(25(29)30)11(18)6-10/h2-3,6,9,13,15H,4-5,7-8H2,1H3,(H,27,28)/t9?,13-,15+/m0/s1. The summed E-state index contributed by atoms with van der Waals surface area (Å²) in [5.74, 6) is -0.693. The molecular weight excluding hydrogens is 449 g/mol. The zero-order valence-corrected chi connectivity index (χ0v) is 16.8. The van der Waals surface area contributed by atoms with Gasteiger partial charge < -0.3 is 24.5 Å².